The SMILES string of the molecule is CN(C)Cc1c[nH]c2ccc(Oc3cccc(C(F)(F)F)c3)cc12. The van der Waals surface area contributed by atoms with Crippen molar-refractivity contribution >= 4 is 10.9 Å². The van der Waals surface area contributed by atoms with Crippen molar-refractivity contribution in [3.05, 3.63) is 59.8 Å². The minimum Gasteiger partial charge on any atom is -0.457 e. The van der Waals surface area contributed by atoms with E-state index in [1.54, 1.807) is 6.07 Å². The molecule has 3 nitrogen and oxygen atoms in total. The standard InChI is InChI=1S/C18H17F3N2O/c1-23(2)11-12-10-22-17-7-6-15(9-16(12)17)24-14-5-3-4-13(8-14)18(19,20)21/h3-10,22H,11H2,1-2H3. The Morgan fingerprint density at radius 2 is 1.79 bits per heavy atom. The maximum Gasteiger partial charge on any atom is 0.416 e. The summed E-state index contributed by atoms with van der Waals surface area (Å²) in [6.07, 6.45) is -2.46. The summed E-state index contributed by atoms with van der Waals surface area (Å²) in [6.45, 7) is 0.757. The molecule has 0 unspecified atom stereocenters. The van der Waals surface area contributed by atoms with Gasteiger partial charge in [-0.15, -0.1) is 0 Å². The summed E-state index contributed by atoms with van der Waals surface area (Å²) in [7, 11) is 3.95. The highest BCUT2D eigenvalue weighted by Gasteiger charge is 2.30. The molecule has 0 atom stereocenters. The quantitative estimate of drug-likeness (QED) is 0.724. The van der Waals surface area contributed by atoms with E-state index in [1.165, 1.54) is 12.1 Å². The van der Waals surface area contributed by atoms with Crippen molar-refractivity contribution in [2.75, 3.05) is 14.1 Å². The maximum atomic E-state index is 12.8. The molecule has 0 bridgehead atoms. The van der Waals surface area contributed by atoms with Crippen molar-refractivity contribution in [1.82, 2.24) is 9.88 Å². The molecule has 1 heterocycles. The van der Waals surface area contributed by atoms with Crippen LogP contribution in [-0.2, 0) is 12.7 Å². The Labute approximate surface area is 137 Å². The number of aromatic amines is 1. The lowest BCUT2D eigenvalue weighted by molar-refractivity contribution is -0.137. The highest BCUT2D eigenvalue weighted by atomic mass is 19.4. The van der Waals surface area contributed by atoms with Crippen LogP contribution in [0.4, 0.5) is 13.2 Å². The van der Waals surface area contributed by atoms with Crippen molar-refractivity contribution in [3.63, 3.8) is 0 Å². The molecule has 0 amide bonds. The molecule has 0 aliphatic carbocycles. The summed E-state index contributed by atoms with van der Waals surface area (Å²) < 4.78 is 44.0. The fourth-order valence-electron chi connectivity index (χ4n) is 2.56. The van der Waals surface area contributed by atoms with Gasteiger partial charge >= 0.3 is 6.18 Å². The Kier molecular flexibility index (Phi) is 4.24. The molecule has 0 aliphatic heterocycles. The second-order valence-electron chi connectivity index (χ2n) is 5.89. The number of nitrogens with zero attached hydrogens (tertiary/aromatic N) is 1. The molecule has 3 aromatic rings. The zero-order valence-corrected chi connectivity index (χ0v) is 13.3. The van der Waals surface area contributed by atoms with Crippen LogP contribution in [0.3, 0.4) is 0 Å². The third-order valence-electron chi connectivity index (χ3n) is 3.62. The number of ether oxygens (including phenoxy) is 1. The van der Waals surface area contributed by atoms with E-state index < -0.39 is 11.7 Å². The summed E-state index contributed by atoms with van der Waals surface area (Å²) in [5.41, 5.74) is 1.34. The number of alkyl halides is 3. The molecule has 0 aliphatic rings. The summed E-state index contributed by atoms with van der Waals surface area (Å²) in [6, 6.07) is 10.3. The van der Waals surface area contributed by atoms with Gasteiger partial charge in [0.05, 0.1) is 5.56 Å². The number of fused-ring (bicyclic) bond motifs is 1. The summed E-state index contributed by atoms with van der Waals surface area (Å²) in [4.78, 5) is 5.23. The van der Waals surface area contributed by atoms with Gasteiger partial charge in [-0.2, -0.15) is 13.2 Å². The number of benzene rings is 2. The summed E-state index contributed by atoms with van der Waals surface area (Å²) in [5, 5.41) is 0.994. The molecule has 2 aromatic carbocycles. The molecule has 1 N–H and O–H groups in total. The van der Waals surface area contributed by atoms with Crippen LogP contribution >= 0.6 is 0 Å². The van der Waals surface area contributed by atoms with Gasteiger partial charge in [-0.25, -0.2) is 0 Å². The van der Waals surface area contributed by atoms with Crippen LogP contribution in [0.25, 0.3) is 10.9 Å². The molecule has 1 aromatic heterocycles. The Morgan fingerprint density at radius 1 is 1.04 bits per heavy atom. The van der Waals surface area contributed by atoms with Gasteiger partial charge in [0.1, 0.15) is 11.5 Å². The molecule has 0 saturated heterocycles. The zero-order chi connectivity index (χ0) is 17.3. The molecule has 0 spiro atoms. The van der Waals surface area contributed by atoms with E-state index in [2.05, 4.69) is 4.98 Å². The van der Waals surface area contributed by atoms with Crippen LogP contribution in [0.5, 0.6) is 11.5 Å². The number of nitrogens with one attached hydrogen (secondary N) is 1. The van der Waals surface area contributed by atoms with E-state index in [1.807, 2.05) is 37.3 Å². The molecular weight excluding hydrogens is 317 g/mol. The number of rotatable bonds is 4. The fourth-order valence-corrected chi connectivity index (χ4v) is 2.56. The van der Waals surface area contributed by atoms with E-state index in [0.717, 1.165) is 35.1 Å². The van der Waals surface area contributed by atoms with Crippen LogP contribution < -0.4 is 4.74 Å². The lowest BCUT2D eigenvalue weighted by atomic mass is 10.1. The molecule has 0 fully saturated rings. The van der Waals surface area contributed by atoms with Crippen molar-refractivity contribution in [2.45, 2.75) is 12.7 Å². The molecule has 0 saturated carbocycles. The number of H-pyrrole nitrogens is 1. The largest absolute Gasteiger partial charge is 0.457 e. The lowest BCUT2D eigenvalue weighted by Crippen LogP contribution is -2.10. The van der Waals surface area contributed by atoms with Crippen LogP contribution in [0.15, 0.2) is 48.7 Å². The highest BCUT2D eigenvalue weighted by Crippen LogP contribution is 2.33. The number of halogens is 3. The van der Waals surface area contributed by atoms with Gasteiger partial charge in [0.2, 0.25) is 0 Å². The van der Waals surface area contributed by atoms with Crippen molar-refractivity contribution < 1.29 is 17.9 Å². The predicted molar refractivity (Wildman–Crippen MR) is 87.2 cm³/mol. The van der Waals surface area contributed by atoms with E-state index >= 15 is 0 Å². The van der Waals surface area contributed by atoms with E-state index in [4.69, 9.17) is 4.74 Å². The average molecular weight is 334 g/mol. The monoisotopic (exact) mass is 334 g/mol. The predicted octanol–water partition coefficient (Wildman–Crippen LogP) is 5.04. The average Bonchev–Trinajstić information content (AvgIpc) is 2.89. The lowest BCUT2D eigenvalue weighted by Gasteiger charge is -2.11. The summed E-state index contributed by atoms with van der Waals surface area (Å²) in [5.74, 6) is 0.662. The molecule has 126 valence electrons. The van der Waals surface area contributed by atoms with Gasteiger partial charge in [0.25, 0.3) is 0 Å². The Balaban J connectivity index is 1.90. The highest BCUT2D eigenvalue weighted by molar-refractivity contribution is 5.84. The Bertz CT molecular complexity index is 853. The number of hydrogen-bond donors (Lipinski definition) is 1. The van der Waals surface area contributed by atoms with E-state index in [0.29, 0.717) is 5.75 Å². The Hall–Kier alpha value is -2.47. The summed E-state index contributed by atoms with van der Waals surface area (Å²) >= 11 is 0. The maximum absolute atomic E-state index is 12.8. The Morgan fingerprint density at radius 3 is 2.50 bits per heavy atom. The van der Waals surface area contributed by atoms with Crippen molar-refractivity contribution in [1.29, 1.82) is 0 Å². The smallest absolute Gasteiger partial charge is 0.416 e. The topological polar surface area (TPSA) is 28.3 Å². The third kappa shape index (κ3) is 3.54. The third-order valence-corrected chi connectivity index (χ3v) is 3.62. The second-order valence-corrected chi connectivity index (χ2v) is 5.89. The van der Waals surface area contributed by atoms with Crippen molar-refractivity contribution in [2.24, 2.45) is 0 Å². The first-order valence-corrected chi connectivity index (χ1v) is 7.43. The van der Waals surface area contributed by atoms with Gasteiger partial charge in [0.15, 0.2) is 0 Å². The minimum atomic E-state index is -4.39. The van der Waals surface area contributed by atoms with Crippen LogP contribution in [0.2, 0.25) is 0 Å². The van der Waals surface area contributed by atoms with Crippen molar-refractivity contribution in [3.8, 4) is 11.5 Å². The van der Waals surface area contributed by atoms with Gasteiger partial charge in [-0.1, -0.05) is 6.07 Å². The van der Waals surface area contributed by atoms with Crippen LogP contribution in [-0.4, -0.2) is 24.0 Å². The van der Waals surface area contributed by atoms with Gasteiger partial charge < -0.3 is 14.6 Å². The second kappa shape index (κ2) is 6.20. The molecule has 0 radical (unpaired) electrons. The molecule has 3 rings (SSSR count). The normalized spacial score (nSPS) is 12.1. The van der Waals surface area contributed by atoms with E-state index in [-0.39, 0.29) is 5.75 Å². The first kappa shape index (κ1) is 16.4. The minimum absolute atomic E-state index is 0.161. The molecule has 6 heteroatoms. The number of hydrogen-bond acceptors (Lipinski definition) is 2. The first-order valence-electron chi connectivity index (χ1n) is 7.43. The first-order chi connectivity index (χ1) is 11.3. The van der Waals surface area contributed by atoms with Gasteiger partial charge in [0, 0.05) is 23.6 Å². The molecule has 24 heavy (non-hydrogen) atoms. The fraction of sp³-hybridized carbons (Fsp3) is 0.222. The molecular formula is C18H17F3N2O. The zero-order valence-electron chi connectivity index (χ0n) is 13.3. The van der Waals surface area contributed by atoms with E-state index in [9.17, 15) is 13.2 Å². The van der Waals surface area contributed by atoms with Gasteiger partial charge in [-0.3, -0.25) is 0 Å². The number of aromatic nitrogens is 1. The van der Waals surface area contributed by atoms with Gasteiger partial charge in [-0.05, 0) is 56.1 Å². The van der Waals surface area contributed by atoms with Crippen LogP contribution in [0, 0.1) is 0 Å². The van der Waals surface area contributed by atoms with Crippen LogP contribution in [0.1, 0.15) is 11.1 Å².